The van der Waals surface area contributed by atoms with Crippen molar-refractivity contribution in [2.24, 2.45) is 0 Å². The highest BCUT2D eigenvalue weighted by Crippen LogP contribution is 2.25. The van der Waals surface area contributed by atoms with Crippen LogP contribution in [-0.4, -0.2) is 18.3 Å². The molecule has 0 fully saturated rings. The molecule has 0 radical (unpaired) electrons. The summed E-state index contributed by atoms with van der Waals surface area (Å²) in [7, 11) is 1.61. The summed E-state index contributed by atoms with van der Waals surface area (Å²) in [6.07, 6.45) is 0. The van der Waals surface area contributed by atoms with E-state index in [1.54, 1.807) is 7.11 Å². The van der Waals surface area contributed by atoms with Crippen LogP contribution in [0.2, 0.25) is 0 Å². The second-order valence-corrected chi connectivity index (χ2v) is 5.96. The van der Waals surface area contributed by atoms with E-state index in [4.69, 9.17) is 10.5 Å². The third kappa shape index (κ3) is 4.43. The van der Waals surface area contributed by atoms with Crippen molar-refractivity contribution in [3.05, 3.63) is 48.5 Å². The highest BCUT2D eigenvalue weighted by atomic mass is 32.2. The Balaban J connectivity index is 1.93. The van der Waals surface area contributed by atoms with Gasteiger partial charge in [-0.1, -0.05) is 0 Å². The first-order valence-electron chi connectivity index (χ1n) is 6.55. The van der Waals surface area contributed by atoms with E-state index in [1.807, 2.05) is 55.5 Å². The van der Waals surface area contributed by atoms with Crippen LogP contribution in [0.5, 0.6) is 5.75 Å². The van der Waals surface area contributed by atoms with Gasteiger partial charge >= 0.3 is 0 Å². The van der Waals surface area contributed by atoms with E-state index in [-0.39, 0.29) is 11.2 Å². The van der Waals surface area contributed by atoms with Crippen molar-refractivity contribution in [2.75, 3.05) is 18.2 Å². The number of hydrogen-bond acceptors (Lipinski definition) is 4. The van der Waals surface area contributed by atoms with Crippen LogP contribution in [0.1, 0.15) is 6.92 Å². The summed E-state index contributed by atoms with van der Waals surface area (Å²) < 4.78 is 5.08. The average Bonchev–Trinajstić information content (AvgIpc) is 2.50. The highest BCUT2D eigenvalue weighted by Gasteiger charge is 2.14. The van der Waals surface area contributed by atoms with E-state index < -0.39 is 0 Å². The standard InChI is InChI=1S/C16H18N2O2S/c1-11(21-15-9-3-12(17)4-10-15)16(19)18-13-5-7-14(20-2)8-6-13/h3-11H,17H2,1-2H3,(H,18,19). The minimum Gasteiger partial charge on any atom is -0.497 e. The van der Waals surface area contributed by atoms with Crippen LogP contribution in [0.3, 0.4) is 0 Å². The summed E-state index contributed by atoms with van der Waals surface area (Å²) in [6.45, 7) is 1.87. The molecule has 0 aromatic heterocycles. The Morgan fingerprint density at radius 2 is 1.76 bits per heavy atom. The molecular weight excluding hydrogens is 284 g/mol. The van der Waals surface area contributed by atoms with Gasteiger partial charge in [0.15, 0.2) is 0 Å². The molecule has 0 heterocycles. The Morgan fingerprint density at radius 3 is 2.33 bits per heavy atom. The number of nitrogen functional groups attached to an aromatic ring is 1. The van der Waals surface area contributed by atoms with E-state index in [0.29, 0.717) is 0 Å². The van der Waals surface area contributed by atoms with E-state index in [1.165, 1.54) is 11.8 Å². The molecule has 0 aliphatic rings. The molecule has 0 saturated carbocycles. The quantitative estimate of drug-likeness (QED) is 0.656. The van der Waals surface area contributed by atoms with E-state index in [2.05, 4.69) is 5.32 Å². The fourth-order valence-corrected chi connectivity index (χ4v) is 2.59. The Hall–Kier alpha value is -2.14. The van der Waals surface area contributed by atoms with Crippen LogP contribution in [0.15, 0.2) is 53.4 Å². The molecular formula is C16H18N2O2S. The zero-order valence-electron chi connectivity index (χ0n) is 12.0. The average molecular weight is 302 g/mol. The number of rotatable bonds is 5. The van der Waals surface area contributed by atoms with Gasteiger partial charge in [0.25, 0.3) is 0 Å². The lowest BCUT2D eigenvalue weighted by atomic mass is 10.3. The first-order valence-corrected chi connectivity index (χ1v) is 7.43. The topological polar surface area (TPSA) is 64.3 Å². The Morgan fingerprint density at radius 1 is 1.14 bits per heavy atom. The molecule has 21 heavy (non-hydrogen) atoms. The number of methoxy groups -OCH3 is 1. The molecule has 0 aliphatic heterocycles. The lowest BCUT2D eigenvalue weighted by Crippen LogP contribution is -2.22. The van der Waals surface area contributed by atoms with E-state index >= 15 is 0 Å². The fourth-order valence-electron chi connectivity index (χ4n) is 1.72. The van der Waals surface area contributed by atoms with Crippen LogP contribution in [0, 0.1) is 0 Å². The molecule has 4 nitrogen and oxygen atoms in total. The molecule has 2 aromatic carbocycles. The van der Waals surface area contributed by atoms with Crippen molar-refractivity contribution in [1.29, 1.82) is 0 Å². The monoisotopic (exact) mass is 302 g/mol. The van der Waals surface area contributed by atoms with Gasteiger partial charge in [-0.05, 0) is 55.5 Å². The molecule has 3 N–H and O–H groups in total. The number of nitrogens with one attached hydrogen (secondary N) is 1. The Bertz CT molecular complexity index is 597. The summed E-state index contributed by atoms with van der Waals surface area (Å²) in [5.41, 5.74) is 7.12. The van der Waals surface area contributed by atoms with Crippen LogP contribution < -0.4 is 15.8 Å². The molecule has 5 heteroatoms. The predicted molar refractivity (Wildman–Crippen MR) is 87.8 cm³/mol. The number of carbonyl (C=O) groups excluding carboxylic acids is 1. The number of ether oxygens (including phenoxy) is 1. The summed E-state index contributed by atoms with van der Waals surface area (Å²) in [5, 5.41) is 2.69. The number of hydrogen-bond donors (Lipinski definition) is 2. The first kappa shape index (κ1) is 15.3. The predicted octanol–water partition coefficient (Wildman–Crippen LogP) is 3.40. The van der Waals surface area contributed by atoms with Crippen LogP contribution in [0.25, 0.3) is 0 Å². The fraction of sp³-hybridized carbons (Fsp3) is 0.188. The van der Waals surface area contributed by atoms with Crippen LogP contribution >= 0.6 is 11.8 Å². The van der Waals surface area contributed by atoms with Crippen molar-refractivity contribution < 1.29 is 9.53 Å². The number of benzene rings is 2. The van der Waals surface area contributed by atoms with Gasteiger partial charge in [0.2, 0.25) is 5.91 Å². The van der Waals surface area contributed by atoms with E-state index in [9.17, 15) is 4.79 Å². The van der Waals surface area contributed by atoms with Gasteiger partial charge in [0, 0.05) is 16.3 Å². The molecule has 110 valence electrons. The number of carbonyl (C=O) groups is 1. The lowest BCUT2D eigenvalue weighted by molar-refractivity contribution is -0.115. The zero-order valence-corrected chi connectivity index (χ0v) is 12.8. The lowest BCUT2D eigenvalue weighted by Gasteiger charge is -2.12. The van der Waals surface area contributed by atoms with Gasteiger partial charge < -0.3 is 15.8 Å². The zero-order chi connectivity index (χ0) is 15.2. The van der Waals surface area contributed by atoms with Crippen molar-refractivity contribution in [2.45, 2.75) is 17.1 Å². The molecule has 0 saturated heterocycles. The molecule has 0 aliphatic carbocycles. The largest absolute Gasteiger partial charge is 0.497 e. The number of thioether (sulfide) groups is 1. The summed E-state index contributed by atoms with van der Waals surface area (Å²) >= 11 is 1.49. The van der Waals surface area contributed by atoms with Gasteiger partial charge in [0.1, 0.15) is 5.75 Å². The van der Waals surface area contributed by atoms with Crippen molar-refractivity contribution in [3.8, 4) is 5.75 Å². The Kier molecular flexibility index (Phi) is 5.11. The first-order chi connectivity index (χ1) is 10.1. The van der Waals surface area contributed by atoms with Gasteiger partial charge in [-0.25, -0.2) is 0 Å². The molecule has 2 aromatic rings. The van der Waals surface area contributed by atoms with Crippen molar-refractivity contribution in [3.63, 3.8) is 0 Å². The second-order valence-electron chi connectivity index (χ2n) is 4.55. The molecule has 0 spiro atoms. The van der Waals surface area contributed by atoms with Crippen molar-refractivity contribution >= 4 is 29.0 Å². The Labute approximate surface area is 128 Å². The van der Waals surface area contributed by atoms with Crippen LogP contribution in [-0.2, 0) is 4.79 Å². The second kappa shape index (κ2) is 7.04. The third-order valence-electron chi connectivity index (χ3n) is 2.92. The molecule has 1 unspecified atom stereocenters. The summed E-state index contributed by atoms with van der Waals surface area (Å²) in [6, 6.07) is 14.7. The molecule has 0 bridgehead atoms. The van der Waals surface area contributed by atoms with Crippen LogP contribution in [0.4, 0.5) is 11.4 Å². The maximum Gasteiger partial charge on any atom is 0.237 e. The number of amides is 1. The SMILES string of the molecule is COc1ccc(NC(=O)C(C)Sc2ccc(N)cc2)cc1. The van der Waals surface area contributed by atoms with Gasteiger partial charge in [-0.3, -0.25) is 4.79 Å². The maximum absolute atomic E-state index is 12.2. The van der Waals surface area contributed by atoms with E-state index in [0.717, 1.165) is 22.0 Å². The van der Waals surface area contributed by atoms with Gasteiger partial charge in [-0.15, -0.1) is 11.8 Å². The number of anilines is 2. The number of nitrogens with two attached hydrogens (primary N) is 1. The highest BCUT2D eigenvalue weighted by molar-refractivity contribution is 8.00. The molecule has 1 atom stereocenters. The normalized spacial score (nSPS) is 11.7. The maximum atomic E-state index is 12.2. The third-order valence-corrected chi connectivity index (χ3v) is 4.03. The van der Waals surface area contributed by atoms with Gasteiger partial charge in [-0.2, -0.15) is 0 Å². The smallest absolute Gasteiger partial charge is 0.237 e. The molecule has 2 rings (SSSR count). The summed E-state index contributed by atoms with van der Waals surface area (Å²) in [5.74, 6) is 0.722. The van der Waals surface area contributed by atoms with Gasteiger partial charge in [0.05, 0.1) is 12.4 Å². The minimum absolute atomic E-state index is 0.0398. The summed E-state index contributed by atoms with van der Waals surface area (Å²) in [4.78, 5) is 13.2. The van der Waals surface area contributed by atoms with Crippen molar-refractivity contribution in [1.82, 2.24) is 0 Å². The molecule has 1 amide bonds. The minimum atomic E-state index is -0.198.